The standard InChI is InChI=1S/C19H18F6N2O2/c1-12(17(28)26-15-9-5-4-8-14(15)18(20,21)22)27(2)11-13-7-3-6-10-16(13)29-19(23,24)25/h3-10,12H,11H2,1-2H3,(H,26,28). The van der Waals surface area contributed by atoms with Crippen molar-refractivity contribution in [2.45, 2.75) is 32.0 Å². The first-order valence-corrected chi connectivity index (χ1v) is 8.39. The molecule has 0 aromatic heterocycles. The maximum absolute atomic E-state index is 13.1. The first-order valence-electron chi connectivity index (χ1n) is 8.39. The fourth-order valence-corrected chi connectivity index (χ4v) is 2.54. The Bertz CT molecular complexity index is 851. The monoisotopic (exact) mass is 420 g/mol. The second-order valence-corrected chi connectivity index (χ2v) is 6.28. The third-order valence-electron chi connectivity index (χ3n) is 4.15. The van der Waals surface area contributed by atoms with E-state index in [4.69, 9.17) is 0 Å². The molecule has 0 heterocycles. The van der Waals surface area contributed by atoms with Crippen LogP contribution in [0.15, 0.2) is 48.5 Å². The van der Waals surface area contributed by atoms with Crippen LogP contribution in [0.2, 0.25) is 0 Å². The zero-order chi connectivity index (χ0) is 21.8. The number of nitrogens with one attached hydrogen (secondary N) is 1. The first-order chi connectivity index (χ1) is 13.4. The van der Waals surface area contributed by atoms with E-state index in [2.05, 4.69) is 10.1 Å². The normalized spacial score (nSPS) is 13.3. The number of halogens is 6. The molecular formula is C19H18F6N2O2. The van der Waals surface area contributed by atoms with Crippen molar-refractivity contribution in [2.75, 3.05) is 12.4 Å². The van der Waals surface area contributed by atoms with Crippen molar-refractivity contribution in [3.63, 3.8) is 0 Å². The third kappa shape index (κ3) is 6.38. The highest BCUT2D eigenvalue weighted by atomic mass is 19.4. The topological polar surface area (TPSA) is 41.6 Å². The van der Waals surface area contributed by atoms with Crippen LogP contribution in [0.1, 0.15) is 18.1 Å². The Balaban J connectivity index is 2.12. The molecule has 1 unspecified atom stereocenters. The number of likely N-dealkylation sites (N-methyl/N-ethyl adjacent to an activating group) is 1. The molecule has 0 bridgehead atoms. The molecule has 1 N–H and O–H groups in total. The van der Waals surface area contributed by atoms with Gasteiger partial charge in [0.05, 0.1) is 17.3 Å². The van der Waals surface area contributed by atoms with Gasteiger partial charge in [0.1, 0.15) is 5.75 Å². The predicted molar refractivity (Wildman–Crippen MR) is 94.1 cm³/mol. The predicted octanol–water partition coefficient (Wildman–Crippen LogP) is 5.06. The van der Waals surface area contributed by atoms with E-state index in [9.17, 15) is 31.1 Å². The Labute approximate surface area is 163 Å². The molecule has 0 fully saturated rings. The zero-order valence-corrected chi connectivity index (χ0v) is 15.4. The minimum absolute atomic E-state index is 0.0955. The Morgan fingerprint density at radius 2 is 1.62 bits per heavy atom. The third-order valence-corrected chi connectivity index (χ3v) is 4.15. The molecule has 0 saturated heterocycles. The molecule has 10 heteroatoms. The molecular weight excluding hydrogens is 402 g/mol. The number of hydrogen-bond acceptors (Lipinski definition) is 3. The summed E-state index contributed by atoms with van der Waals surface area (Å²) >= 11 is 0. The van der Waals surface area contributed by atoms with Gasteiger partial charge in [0, 0.05) is 12.1 Å². The molecule has 0 aliphatic rings. The number of anilines is 1. The van der Waals surface area contributed by atoms with Crippen LogP contribution in [-0.4, -0.2) is 30.3 Å². The lowest BCUT2D eigenvalue weighted by Crippen LogP contribution is -2.39. The molecule has 0 radical (unpaired) electrons. The SMILES string of the molecule is CC(C(=O)Nc1ccccc1C(F)(F)F)N(C)Cc1ccccc1OC(F)(F)F. The highest BCUT2D eigenvalue weighted by molar-refractivity contribution is 5.95. The van der Waals surface area contributed by atoms with Crippen molar-refractivity contribution in [3.8, 4) is 5.75 Å². The quantitative estimate of drug-likeness (QED) is 0.664. The molecule has 0 aliphatic heterocycles. The van der Waals surface area contributed by atoms with Gasteiger partial charge < -0.3 is 10.1 Å². The molecule has 0 aliphatic carbocycles. The van der Waals surface area contributed by atoms with E-state index >= 15 is 0 Å². The summed E-state index contributed by atoms with van der Waals surface area (Å²) in [5.74, 6) is -1.15. The van der Waals surface area contributed by atoms with Crippen molar-refractivity contribution in [1.29, 1.82) is 0 Å². The van der Waals surface area contributed by atoms with Gasteiger partial charge in [-0.3, -0.25) is 9.69 Å². The highest BCUT2D eigenvalue weighted by Crippen LogP contribution is 2.34. The van der Waals surface area contributed by atoms with E-state index < -0.39 is 41.5 Å². The Morgan fingerprint density at radius 3 is 2.24 bits per heavy atom. The Hall–Kier alpha value is -2.75. The maximum Gasteiger partial charge on any atom is 0.573 e. The van der Waals surface area contributed by atoms with Crippen LogP contribution in [0.25, 0.3) is 0 Å². The van der Waals surface area contributed by atoms with Gasteiger partial charge in [0.25, 0.3) is 0 Å². The number of hydrogen-bond donors (Lipinski definition) is 1. The van der Waals surface area contributed by atoms with Crippen molar-refractivity contribution >= 4 is 11.6 Å². The van der Waals surface area contributed by atoms with E-state index in [1.807, 2.05) is 0 Å². The molecule has 2 aromatic rings. The summed E-state index contributed by atoms with van der Waals surface area (Å²) in [7, 11) is 1.46. The van der Waals surface area contributed by atoms with Gasteiger partial charge in [-0.15, -0.1) is 13.2 Å². The number of carbonyl (C=O) groups excluding carboxylic acids is 1. The van der Waals surface area contributed by atoms with Crippen LogP contribution in [0.4, 0.5) is 32.0 Å². The fourth-order valence-electron chi connectivity index (χ4n) is 2.54. The number of para-hydroxylation sites is 2. The van der Waals surface area contributed by atoms with Crippen LogP contribution in [0.5, 0.6) is 5.75 Å². The van der Waals surface area contributed by atoms with Crippen LogP contribution in [0.3, 0.4) is 0 Å². The van der Waals surface area contributed by atoms with Gasteiger partial charge in [-0.25, -0.2) is 0 Å². The zero-order valence-electron chi connectivity index (χ0n) is 15.4. The second kappa shape index (κ2) is 8.73. The molecule has 1 amide bonds. The van der Waals surface area contributed by atoms with Gasteiger partial charge in [-0.1, -0.05) is 30.3 Å². The minimum Gasteiger partial charge on any atom is -0.405 e. The largest absolute Gasteiger partial charge is 0.573 e. The lowest BCUT2D eigenvalue weighted by Gasteiger charge is -2.25. The van der Waals surface area contributed by atoms with Gasteiger partial charge in [-0.2, -0.15) is 13.2 Å². The van der Waals surface area contributed by atoms with E-state index in [-0.39, 0.29) is 12.1 Å². The van der Waals surface area contributed by atoms with Crippen LogP contribution < -0.4 is 10.1 Å². The highest BCUT2D eigenvalue weighted by Gasteiger charge is 2.34. The van der Waals surface area contributed by atoms with Gasteiger partial charge in [-0.05, 0) is 32.2 Å². The first kappa shape index (κ1) is 22.5. The van der Waals surface area contributed by atoms with Crippen LogP contribution in [-0.2, 0) is 17.5 Å². The lowest BCUT2D eigenvalue weighted by atomic mass is 10.1. The number of alkyl halides is 6. The van der Waals surface area contributed by atoms with Gasteiger partial charge in [0.2, 0.25) is 5.91 Å². The number of amides is 1. The summed E-state index contributed by atoms with van der Waals surface area (Å²) in [5, 5.41) is 2.22. The van der Waals surface area contributed by atoms with Crippen molar-refractivity contribution < 1.29 is 35.9 Å². The molecule has 4 nitrogen and oxygen atoms in total. The summed E-state index contributed by atoms with van der Waals surface area (Å²) in [4.78, 5) is 13.8. The number of nitrogens with zero attached hydrogens (tertiary/aromatic N) is 1. The van der Waals surface area contributed by atoms with Crippen molar-refractivity contribution in [2.24, 2.45) is 0 Å². The van der Waals surface area contributed by atoms with Crippen molar-refractivity contribution in [1.82, 2.24) is 4.90 Å². The van der Waals surface area contributed by atoms with E-state index in [0.29, 0.717) is 0 Å². The van der Waals surface area contributed by atoms with E-state index in [0.717, 1.165) is 18.2 Å². The van der Waals surface area contributed by atoms with Gasteiger partial charge >= 0.3 is 12.5 Å². The number of carbonyl (C=O) groups is 1. The Morgan fingerprint density at radius 1 is 1.03 bits per heavy atom. The molecule has 29 heavy (non-hydrogen) atoms. The van der Waals surface area contributed by atoms with E-state index in [1.165, 1.54) is 49.2 Å². The molecule has 158 valence electrons. The van der Waals surface area contributed by atoms with Crippen LogP contribution >= 0.6 is 0 Å². The average Bonchev–Trinajstić information content (AvgIpc) is 2.61. The summed E-state index contributed by atoms with van der Waals surface area (Å²) in [6, 6.07) is 9.01. The fraction of sp³-hybridized carbons (Fsp3) is 0.316. The second-order valence-electron chi connectivity index (χ2n) is 6.28. The smallest absolute Gasteiger partial charge is 0.405 e. The van der Waals surface area contributed by atoms with Crippen LogP contribution in [0, 0.1) is 0 Å². The molecule has 2 aromatic carbocycles. The molecule has 0 saturated carbocycles. The number of rotatable bonds is 6. The molecule has 2 rings (SSSR count). The number of benzene rings is 2. The summed E-state index contributed by atoms with van der Waals surface area (Å²) < 4.78 is 80.7. The summed E-state index contributed by atoms with van der Waals surface area (Å²) in [6.45, 7) is 1.33. The summed E-state index contributed by atoms with van der Waals surface area (Å²) in [6.07, 6.45) is -9.52. The van der Waals surface area contributed by atoms with E-state index in [1.54, 1.807) is 0 Å². The molecule has 0 spiro atoms. The lowest BCUT2D eigenvalue weighted by molar-refractivity contribution is -0.275. The summed E-state index contributed by atoms with van der Waals surface area (Å²) in [5.41, 5.74) is -1.22. The Kier molecular flexibility index (Phi) is 6.78. The van der Waals surface area contributed by atoms with Crippen molar-refractivity contribution in [3.05, 3.63) is 59.7 Å². The van der Waals surface area contributed by atoms with Gasteiger partial charge in [0.15, 0.2) is 0 Å². The average molecular weight is 420 g/mol. The maximum atomic E-state index is 13.1. The molecule has 1 atom stereocenters. The minimum atomic E-state index is -4.88. The number of ether oxygens (including phenoxy) is 1.